The van der Waals surface area contributed by atoms with Gasteiger partial charge in [0.1, 0.15) is 12.2 Å². The largest absolute Gasteiger partial charge is 0.419 e. The first-order valence-corrected chi connectivity index (χ1v) is 10.9. The molecule has 6 heteroatoms. The molecule has 1 aliphatic rings. The van der Waals surface area contributed by atoms with Gasteiger partial charge in [-0.15, -0.1) is 10.2 Å². The molecule has 158 valence electrons. The van der Waals surface area contributed by atoms with Gasteiger partial charge in [0, 0.05) is 29.6 Å². The van der Waals surface area contributed by atoms with Crippen molar-refractivity contribution in [2.24, 2.45) is 5.92 Å². The van der Waals surface area contributed by atoms with E-state index >= 15 is 0 Å². The van der Waals surface area contributed by atoms with Crippen LogP contribution in [0.2, 0.25) is 0 Å². The Kier molecular flexibility index (Phi) is 5.06. The highest BCUT2D eigenvalue weighted by molar-refractivity contribution is 5.96. The number of carbonyl (C=O) groups excluding carboxylic acids is 1. The lowest BCUT2D eigenvalue weighted by Gasteiger charge is -2.29. The van der Waals surface area contributed by atoms with Crippen molar-refractivity contribution in [1.82, 2.24) is 14.8 Å². The number of hydrogen-bond donors (Lipinski definition) is 0. The molecule has 0 N–H and O–H groups in total. The second-order valence-corrected chi connectivity index (χ2v) is 8.55. The van der Waals surface area contributed by atoms with Crippen LogP contribution < -0.4 is 4.90 Å². The molecule has 5 rings (SSSR count). The summed E-state index contributed by atoms with van der Waals surface area (Å²) in [4.78, 5) is 15.4. The zero-order chi connectivity index (χ0) is 21.4. The highest BCUT2D eigenvalue weighted by Gasteiger charge is 2.25. The third-order valence-corrected chi connectivity index (χ3v) is 5.78. The van der Waals surface area contributed by atoms with Crippen LogP contribution in [0.1, 0.15) is 31.7 Å². The van der Waals surface area contributed by atoms with E-state index in [9.17, 15) is 4.79 Å². The van der Waals surface area contributed by atoms with Crippen LogP contribution in [0.5, 0.6) is 0 Å². The Bertz CT molecular complexity index is 1240. The highest BCUT2D eigenvalue weighted by Crippen LogP contribution is 2.30. The number of amides is 1. The Morgan fingerprint density at radius 1 is 1.10 bits per heavy atom. The van der Waals surface area contributed by atoms with E-state index in [1.165, 1.54) is 5.56 Å². The quantitative estimate of drug-likeness (QED) is 0.467. The van der Waals surface area contributed by atoms with E-state index in [-0.39, 0.29) is 12.5 Å². The number of carbonyl (C=O) groups is 1. The monoisotopic (exact) mass is 414 g/mol. The Hall–Kier alpha value is -3.41. The predicted octanol–water partition coefficient (Wildman–Crippen LogP) is 4.87. The predicted molar refractivity (Wildman–Crippen MR) is 121 cm³/mol. The van der Waals surface area contributed by atoms with Crippen LogP contribution in [0.4, 0.5) is 5.69 Å². The van der Waals surface area contributed by atoms with Gasteiger partial charge in [0.25, 0.3) is 5.89 Å². The van der Waals surface area contributed by atoms with Crippen LogP contribution >= 0.6 is 0 Å². The van der Waals surface area contributed by atoms with Crippen LogP contribution in [0.25, 0.3) is 22.5 Å². The summed E-state index contributed by atoms with van der Waals surface area (Å²) in [6.07, 6.45) is 2.72. The fourth-order valence-electron chi connectivity index (χ4n) is 4.36. The van der Waals surface area contributed by atoms with Crippen LogP contribution in [-0.4, -0.2) is 27.2 Å². The van der Waals surface area contributed by atoms with E-state index in [2.05, 4.69) is 30.1 Å². The summed E-state index contributed by atoms with van der Waals surface area (Å²) in [7, 11) is 0. The van der Waals surface area contributed by atoms with Gasteiger partial charge in [-0.2, -0.15) is 0 Å². The minimum absolute atomic E-state index is 0.0664. The van der Waals surface area contributed by atoms with Gasteiger partial charge in [-0.25, -0.2) is 0 Å². The van der Waals surface area contributed by atoms with Gasteiger partial charge in [0.15, 0.2) is 0 Å². The minimum Gasteiger partial charge on any atom is -0.419 e. The highest BCUT2D eigenvalue weighted by atomic mass is 16.4. The number of hydrogen-bond acceptors (Lipinski definition) is 4. The average Bonchev–Trinajstić information content (AvgIpc) is 3.37. The Morgan fingerprint density at radius 2 is 1.90 bits per heavy atom. The molecular weight excluding hydrogens is 388 g/mol. The smallest absolute Gasteiger partial charge is 0.264 e. The van der Waals surface area contributed by atoms with Crippen molar-refractivity contribution in [2.45, 2.75) is 39.7 Å². The molecule has 0 bridgehead atoms. The summed E-state index contributed by atoms with van der Waals surface area (Å²) >= 11 is 0. The van der Waals surface area contributed by atoms with E-state index < -0.39 is 0 Å². The van der Waals surface area contributed by atoms with Crippen molar-refractivity contribution in [3.05, 3.63) is 66.1 Å². The number of anilines is 1. The van der Waals surface area contributed by atoms with E-state index in [1.54, 1.807) is 0 Å². The maximum absolute atomic E-state index is 13.4. The number of rotatable bonds is 5. The molecule has 1 aliphatic heterocycles. The Morgan fingerprint density at radius 3 is 2.77 bits per heavy atom. The van der Waals surface area contributed by atoms with E-state index in [0.29, 0.717) is 17.7 Å². The summed E-state index contributed by atoms with van der Waals surface area (Å²) < 4.78 is 7.97. The lowest BCUT2D eigenvalue weighted by atomic mass is 10.0. The molecule has 4 aromatic rings. The number of fused-ring (bicyclic) bond motifs is 2. The molecule has 0 saturated carbocycles. The zero-order valence-corrected chi connectivity index (χ0v) is 17.9. The maximum atomic E-state index is 13.4. The molecule has 0 aliphatic carbocycles. The molecule has 0 unspecified atom stereocenters. The topological polar surface area (TPSA) is 64.2 Å². The SMILES string of the molecule is CC(C)Cc1nnc(-c2cc3ccccc3n2CC(=O)N2CCCc3ccccc32)o1. The van der Waals surface area contributed by atoms with Gasteiger partial charge in [0.2, 0.25) is 11.8 Å². The molecule has 1 amide bonds. The fourth-order valence-corrected chi connectivity index (χ4v) is 4.36. The first kappa shape index (κ1) is 19.5. The number of nitrogens with zero attached hydrogens (tertiary/aromatic N) is 4. The van der Waals surface area contributed by atoms with Gasteiger partial charge < -0.3 is 13.9 Å². The third kappa shape index (κ3) is 3.74. The van der Waals surface area contributed by atoms with Crippen LogP contribution in [0.15, 0.2) is 59.0 Å². The van der Waals surface area contributed by atoms with Gasteiger partial charge >= 0.3 is 0 Å². The molecule has 2 aromatic heterocycles. The van der Waals surface area contributed by atoms with Crippen molar-refractivity contribution in [1.29, 1.82) is 0 Å². The van der Waals surface area contributed by atoms with Crippen molar-refractivity contribution in [3.63, 3.8) is 0 Å². The first-order chi connectivity index (χ1) is 15.1. The van der Waals surface area contributed by atoms with E-state index in [0.717, 1.165) is 48.1 Å². The van der Waals surface area contributed by atoms with Crippen molar-refractivity contribution < 1.29 is 9.21 Å². The Labute approximate surface area is 181 Å². The molecule has 6 nitrogen and oxygen atoms in total. The molecular formula is C25H26N4O2. The van der Waals surface area contributed by atoms with E-state index in [4.69, 9.17) is 4.42 Å². The van der Waals surface area contributed by atoms with Gasteiger partial charge in [-0.05, 0) is 42.5 Å². The van der Waals surface area contributed by atoms with Crippen molar-refractivity contribution in [2.75, 3.05) is 11.4 Å². The summed E-state index contributed by atoms with van der Waals surface area (Å²) in [5, 5.41) is 9.56. The zero-order valence-electron chi connectivity index (χ0n) is 17.9. The fraction of sp³-hybridized carbons (Fsp3) is 0.320. The lowest BCUT2D eigenvalue weighted by molar-refractivity contribution is -0.119. The molecule has 3 heterocycles. The van der Waals surface area contributed by atoms with Gasteiger partial charge in [-0.3, -0.25) is 4.79 Å². The second-order valence-electron chi connectivity index (χ2n) is 8.55. The molecule has 2 aromatic carbocycles. The average molecular weight is 415 g/mol. The summed E-state index contributed by atoms with van der Waals surface area (Å²) in [6, 6.07) is 18.3. The van der Waals surface area contributed by atoms with Gasteiger partial charge in [0.05, 0.1) is 0 Å². The molecule has 0 spiro atoms. The Balaban J connectivity index is 1.52. The molecule has 0 saturated heterocycles. The number of aromatic nitrogens is 3. The molecule has 31 heavy (non-hydrogen) atoms. The second kappa shape index (κ2) is 8.02. The number of para-hydroxylation sites is 2. The third-order valence-electron chi connectivity index (χ3n) is 5.78. The van der Waals surface area contributed by atoms with Crippen LogP contribution in [0.3, 0.4) is 0 Å². The van der Waals surface area contributed by atoms with Crippen LogP contribution in [0, 0.1) is 5.92 Å². The van der Waals surface area contributed by atoms with Crippen molar-refractivity contribution in [3.8, 4) is 11.6 Å². The minimum atomic E-state index is 0.0664. The van der Waals surface area contributed by atoms with Crippen molar-refractivity contribution >= 4 is 22.5 Å². The standard InChI is InChI=1S/C25H26N4O2/c1-17(2)14-23-26-27-25(31-23)22-15-19-9-4-6-12-21(19)29(22)16-24(30)28-13-7-10-18-8-3-5-11-20(18)28/h3-6,8-9,11-12,15,17H,7,10,13-14,16H2,1-2H3. The number of benzene rings is 2. The molecule has 0 radical (unpaired) electrons. The lowest BCUT2D eigenvalue weighted by Crippen LogP contribution is -2.37. The van der Waals surface area contributed by atoms with Gasteiger partial charge in [-0.1, -0.05) is 50.2 Å². The first-order valence-electron chi connectivity index (χ1n) is 10.9. The summed E-state index contributed by atoms with van der Waals surface area (Å²) in [5.74, 6) is 1.58. The summed E-state index contributed by atoms with van der Waals surface area (Å²) in [5.41, 5.74) is 4.02. The molecule has 0 atom stereocenters. The van der Waals surface area contributed by atoms with Crippen LogP contribution in [-0.2, 0) is 24.2 Å². The normalized spacial score (nSPS) is 13.7. The summed E-state index contributed by atoms with van der Waals surface area (Å²) in [6.45, 7) is 5.20. The van der Waals surface area contributed by atoms with E-state index in [1.807, 2.05) is 58.0 Å². The number of aryl methyl sites for hydroxylation is 1. The maximum Gasteiger partial charge on any atom is 0.264 e. The molecule has 0 fully saturated rings.